The summed E-state index contributed by atoms with van der Waals surface area (Å²) in [4.78, 5) is 0. The van der Waals surface area contributed by atoms with Crippen LogP contribution in [0.3, 0.4) is 0 Å². The Morgan fingerprint density at radius 1 is 0.571 bits per heavy atom. The minimum atomic E-state index is -0.426. The quantitative estimate of drug-likeness (QED) is 0.526. The van der Waals surface area contributed by atoms with Crippen LogP contribution in [-0.2, 0) is 18.6 Å². The predicted octanol–water partition coefficient (Wildman–Crippen LogP) is 1.19. The molecule has 14 heavy (non-hydrogen) atoms. The largest absolute Gasteiger partial charge is 0.487 e. The molecule has 0 saturated carbocycles. The summed E-state index contributed by atoms with van der Waals surface area (Å²) in [7, 11) is -0.852. The average molecular weight is 202 g/mol. The molecule has 0 radical (unpaired) electrons. The van der Waals surface area contributed by atoms with Crippen LogP contribution in [-0.4, -0.2) is 40.4 Å². The molecule has 0 spiro atoms. The van der Waals surface area contributed by atoms with Crippen molar-refractivity contribution in [3.63, 3.8) is 0 Å². The highest BCUT2D eigenvalue weighted by Crippen LogP contribution is 2.00. The van der Waals surface area contributed by atoms with E-state index in [4.69, 9.17) is 18.6 Å². The summed E-state index contributed by atoms with van der Waals surface area (Å²) in [5.41, 5.74) is 0. The Morgan fingerprint density at radius 3 is 0.929 bits per heavy atom. The van der Waals surface area contributed by atoms with Crippen LogP contribution in [0.5, 0.6) is 0 Å². The molecule has 0 fully saturated rings. The molecule has 0 aliphatic carbocycles. The molecule has 0 bridgehead atoms. The van der Waals surface area contributed by atoms with Gasteiger partial charge in [-0.05, 0) is 27.7 Å². The third-order valence-electron chi connectivity index (χ3n) is 1.55. The van der Waals surface area contributed by atoms with Crippen molar-refractivity contribution >= 4 is 14.0 Å². The molecule has 0 aliphatic heterocycles. The summed E-state index contributed by atoms with van der Waals surface area (Å²) in [6, 6.07) is 0. The average Bonchev–Trinajstić information content (AvgIpc) is 2.17. The van der Waals surface area contributed by atoms with Gasteiger partial charge in [0, 0.05) is 26.4 Å². The SMILES string of the molecule is CCOB(OCC)B(OCC)OCC. The van der Waals surface area contributed by atoms with E-state index < -0.39 is 14.0 Å². The van der Waals surface area contributed by atoms with Crippen LogP contribution >= 0.6 is 0 Å². The van der Waals surface area contributed by atoms with E-state index in [0.717, 1.165) is 0 Å². The van der Waals surface area contributed by atoms with Crippen molar-refractivity contribution in [1.29, 1.82) is 0 Å². The van der Waals surface area contributed by atoms with Crippen LogP contribution in [0, 0.1) is 0 Å². The predicted molar refractivity (Wildman–Crippen MR) is 58.0 cm³/mol. The van der Waals surface area contributed by atoms with Crippen molar-refractivity contribution in [3.05, 3.63) is 0 Å². The monoisotopic (exact) mass is 202 g/mol. The van der Waals surface area contributed by atoms with Gasteiger partial charge in [-0.3, -0.25) is 0 Å². The molecular formula is C8H20B2O4. The maximum Gasteiger partial charge on any atom is 0.487 e. The van der Waals surface area contributed by atoms with Crippen LogP contribution in [0.2, 0.25) is 0 Å². The van der Waals surface area contributed by atoms with Gasteiger partial charge in [-0.1, -0.05) is 0 Å². The van der Waals surface area contributed by atoms with Crippen molar-refractivity contribution in [1.82, 2.24) is 0 Å². The fourth-order valence-corrected chi connectivity index (χ4v) is 1.07. The summed E-state index contributed by atoms with van der Waals surface area (Å²) in [5, 5.41) is 0. The lowest BCUT2D eigenvalue weighted by Gasteiger charge is -2.18. The summed E-state index contributed by atoms with van der Waals surface area (Å²) in [6.45, 7) is 10.0. The van der Waals surface area contributed by atoms with Crippen LogP contribution in [0.1, 0.15) is 27.7 Å². The number of hydrogen-bond donors (Lipinski definition) is 0. The van der Waals surface area contributed by atoms with Crippen LogP contribution in [0.15, 0.2) is 0 Å². The van der Waals surface area contributed by atoms with E-state index >= 15 is 0 Å². The second-order valence-electron chi connectivity index (χ2n) is 2.56. The molecule has 0 aliphatic rings. The van der Waals surface area contributed by atoms with Gasteiger partial charge in [-0.15, -0.1) is 0 Å². The molecule has 4 nitrogen and oxygen atoms in total. The third kappa shape index (κ3) is 5.65. The highest BCUT2D eigenvalue weighted by atomic mass is 16.6. The molecule has 0 N–H and O–H groups in total. The van der Waals surface area contributed by atoms with Gasteiger partial charge in [0.05, 0.1) is 0 Å². The molecule has 0 aromatic rings. The van der Waals surface area contributed by atoms with Gasteiger partial charge in [0.25, 0.3) is 0 Å². The Labute approximate surface area is 87.5 Å². The molecule has 6 heteroatoms. The van der Waals surface area contributed by atoms with Crippen molar-refractivity contribution in [3.8, 4) is 0 Å². The zero-order valence-corrected chi connectivity index (χ0v) is 9.62. The fourth-order valence-electron chi connectivity index (χ4n) is 1.07. The number of rotatable bonds is 9. The zero-order valence-electron chi connectivity index (χ0n) is 9.62. The third-order valence-corrected chi connectivity index (χ3v) is 1.55. The second kappa shape index (κ2) is 9.52. The van der Waals surface area contributed by atoms with E-state index in [1.165, 1.54) is 0 Å². The summed E-state index contributed by atoms with van der Waals surface area (Å²) in [5.74, 6) is 0. The Kier molecular flexibility index (Phi) is 9.50. The first-order chi connectivity index (χ1) is 6.79. The second-order valence-corrected chi connectivity index (χ2v) is 2.56. The standard InChI is InChI=1S/C8H20B2O4/c1-5-11-9(12-6-2)10(13-7-3)14-8-4/h5-8H2,1-4H3. The van der Waals surface area contributed by atoms with Gasteiger partial charge < -0.3 is 18.6 Å². The van der Waals surface area contributed by atoms with Crippen molar-refractivity contribution in [2.75, 3.05) is 26.4 Å². The Bertz CT molecular complexity index is 99.9. The van der Waals surface area contributed by atoms with E-state index in [2.05, 4.69) is 0 Å². The van der Waals surface area contributed by atoms with Gasteiger partial charge in [0.2, 0.25) is 0 Å². The van der Waals surface area contributed by atoms with E-state index in [1.54, 1.807) is 0 Å². The molecular weight excluding hydrogens is 182 g/mol. The molecule has 0 aromatic carbocycles. The smallest absolute Gasteiger partial charge is 0.414 e. The number of hydrogen-bond acceptors (Lipinski definition) is 4. The first kappa shape index (κ1) is 14.0. The highest BCUT2D eigenvalue weighted by Gasteiger charge is 2.38. The Balaban J connectivity index is 4.06. The lowest BCUT2D eigenvalue weighted by Crippen LogP contribution is -2.46. The van der Waals surface area contributed by atoms with Crippen molar-refractivity contribution in [2.45, 2.75) is 27.7 Å². The molecule has 0 rings (SSSR count). The van der Waals surface area contributed by atoms with E-state index in [1.807, 2.05) is 27.7 Å². The summed E-state index contributed by atoms with van der Waals surface area (Å²) in [6.07, 6.45) is 0. The summed E-state index contributed by atoms with van der Waals surface area (Å²) >= 11 is 0. The molecule has 0 heterocycles. The minimum absolute atomic E-state index is 0.426. The van der Waals surface area contributed by atoms with Gasteiger partial charge >= 0.3 is 14.0 Å². The van der Waals surface area contributed by atoms with Gasteiger partial charge in [0.15, 0.2) is 0 Å². The first-order valence-electron chi connectivity index (χ1n) is 5.26. The van der Waals surface area contributed by atoms with E-state index in [9.17, 15) is 0 Å². The van der Waals surface area contributed by atoms with E-state index in [-0.39, 0.29) is 0 Å². The zero-order chi connectivity index (χ0) is 10.8. The molecule has 82 valence electrons. The minimum Gasteiger partial charge on any atom is -0.414 e. The van der Waals surface area contributed by atoms with Gasteiger partial charge in [-0.2, -0.15) is 0 Å². The normalized spacial score (nSPS) is 10.3. The van der Waals surface area contributed by atoms with Crippen LogP contribution in [0.4, 0.5) is 0 Å². The van der Waals surface area contributed by atoms with Crippen molar-refractivity contribution in [2.24, 2.45) is 0 Å². The molecule has 0 unspecified atom stereocenters. The fraction of sp³-hybridized carbons (Fsp3) is 1.00. The van der Waals surface area contributed by atoms with Crippen LogP contribution in [0.25, 0.3) is 0 Å². The Hall–Kier alpha value is -0.0301. The van der Waals surface area contributed by atoms with Crippen LogP contribution < -0.4 is 0 Å². The highest BCUT2D eigenvalue weighted by molar-refractivity contribution is 7.10. The topological polar surface area (TPSA) is 36.9 Å². The molecule has 0 atom stereocenters. The maximum absolute atomic E-state index is 5.38. The van der Waals surface area contributed by atoms with E-state index in [0.29, 0.717) is 26.4 Å². The Morgan fingerprint density at radius 2 is 0.786 bits per heavy atom. The maximum atomic E-state index is 5.38. The molecule has 0 aromatic heterocycles. The molecule has 0 amide bonds. The van der Waals surface area contributed by atoms with Crippen molar-refractivity contribution < 1.29 is 18.6 Å². The summed E-state index contributed by atoms with van der Waals surface area (Å²) < 4.78 is 21.5. The lowest BCUT2D eigenvalue weighted by molar-refractivity contribution is 0.181. The first-order valence-corrected chi connectivity index (χ1v) is 5.26. The van der Waals surface area contributed by atoms with Gasteiger partial charge in [-0.25, -0.2) is 0 Å². The lowest BCUT2D eigenvalue weighted by atomic mass is 9.48. The van der Waals surface area contributed by atoms with Gasteiger partial charge in [0.1, 0.15) is 0 Å². The molecule has 0 saturated heterocycles.